The Morgan fingerprint density at radius 3 is 3.29 bits per heavy atom. The number of tetrazole rings is 1. The number of hydrogen-bond acceptors (Lipinski definition) is 7. The number of morpholine rings is 1. The number of hydrogen-bond donors (Lipinski definition) is 0. The molecule has 1 aliphatic heterocycles. The Balaban J connectivity index is 1.48. The Labute approximate surface area is 132 Å². The molecule has 1 unspecified atom stereocenters. The van der Waals surface area contributed by atoms with E-state index in [0.717, 1.165) is 43.7 Å². The van der Waals surface area contributed by atoms with Crippen LogP contribution in [-0.4, -0.2) is 63.2 Å². The van der Waals surface area contributed by atoms with Crippen molar-refractivity contribution in [3.63, 3.8) is 0 Å². The number of thioether (sulfide) groups is 1. The monoisotopic (exact) mass is 325 g/mol. The molecule has 3 heterocycles. The summed E-state index contributed by atoms with van der Waals surface area (Å²) in [7, 11) is 0. The van der Waals surface area contributed by atoms with E-state index in [9.17, 15) is 0 Å². The minimum atomic E-state index is 0.341. The summed E-state index contributed by atoms with van der Waals surface area (Å²) >= 11 is 3.45. The minimum absolute atomic E-state index is 0.341. The van der Waals surface area contributed by atoms with E-state index in [1.807, 2.05) is 4.68 Å². The Kier molecular flexibility index (Phi) is 5.23. The van der Waals surface area contributed by atoms with Gasteiger partial charge in [-0.3, -0.25) is 4.90 Å². The van der Waals surface area contributed by atoms with Gasteiger partial charge in [-0.2, -0.15) is 0 Å². The van der Waals surface area contributed by atoms with Crippen molar-refractivity contribution in [2.75, 3.05) is 32.0 Å². The highest BCUT2D eigenvalue weighted by atomic mass is 32.2. The third kappa shape index (κ3) is 4.26. The molecule has 0 aliphatic carbocycles. The zero-order chi connectivity index (χ0) is 14.5. The molecule has 2 aromatic heterocycles. The molecule has 0 radical (unpaired) electrons. The average molecular weight is 325 g/mol. The van der Waals surface area contributed by atoms with E-state index >= 15 is 0 Å². The van der Waals surface area contributed by atoms with Crippen LogP contribution in [-0.2, 0) is 11.3 Å². The fraction of sp³-hybridized carbons (Fsp3) is 0.615. The summed E-state index contributed by atoms with van der Waals surface area (Å²) in [4.78, 5) is 3.71. The van der Waals surface area contributed by atoms with Gasteiger partial charge in [0.05, 0.1) is 19.3 Å². The molecule has 3 rings (SSSR count). The van der Waals surface area contributed by atoms with Crippen molar-refractivity contribution in [1.29, 1.82) is 0 Å². The normalized spacial score (nSPS) is 20.0. The molecule has 0 saturated carbocycles. The van der Waals surface area contributed by atoms with Gasteiger partial charge in [0.2, 0.25) is 5.16 Å². The molecule has 1 aliphatic rings. The molecule has 6 nitrogen and oxygen atoms in total. The lowest BCUT2D eigenvalue weighted by Crippen LogP contribution is -2.42. The molecule has 8 heteroatoms. The smallest absolute Gasteiger partial charge is 0.209 e. The van der Waals surface area contributed by atoms with Gasteiger partial charge in [0.1, 0.15) is 0 Å². The topological polar surface area (TPSA) is 56.1 Å². The third-order valence-electron chi connectivity index (χ3n) is 3.35. The standard InChI is InChI=1S/C13H19N5OS2/c1-11-9-17(4-6-19-11)5-8-21-13-14-15-16-18(13)10-12-3-2-7-20-12/h2-3,7,11H,4-6,8-10H2,1H3. The van der Waals surface area contributed by atoms with Gasteiger partial charge in [-0.1, -0.05) is 17.8 Å². The van der Waals surface area contributed by atoms with Crippen molar-refractivity contribution in [1.82, 2.24) is 25.1 Å². The van der Waals surface area contributed by atoms with Crippen molar-refractivity contribution in [3.8, 4) is 0 Å². The summed E-state index contributed by atoms with van der Waals surface area (Å²) in [6, 6.07) is 4.16. The molecule has 114 valence electrons. The van der Waals surface area contributed by atoms with Crippen LogP contribution < -0.4 is 0 Å². The van der Waals surface area contributed by atoms with Crippen molar-refractivity contribution in [2.45, 2.75) is 24.7 Å². The van der Waals surface area contributed by atoms with E-state index in [-0.39, 0.29) is 0 Å². The van der Waals surface area contributed by atoms with Crippen molar-refractivity contribution in [3.05, 3.63) is 22.4 Å². The van der Waals surface area contributed by atoms with Gasteiger partial charge < -0.3 is 4.74 Å². The van der Waals surface area contributed by atoms with E-state index in [1.165, 1.54) is 4.88 Å². The number of aromatic nitrogens is 4. The van der Waals surface area contributed by atoms with Gasteiger partial charge in [-0.05, 0) is 28.8 Å². The third-order valence-corrected chi connectivity index (χ3v) is 5.15. The summed E-state index contributed by atoms with van der Waals surface area (Å²) in [6.07, 6.45) is 0.341. The predicted octanol–water partition coefficient (Wildman–Crippen LogP) is 1.60. The first-order valence-electron chi connectivity index (χ1n) is 7.06. The fourth-order valence-electron chi connectivity index (χ4n) is 2.31. The van der Waals surface area contributed by atoms with Gasteiger partial charge >= 0.3 is 0 Å². The number of ether oxygens (including phenoxy) is 1. The summed E-state index contributed by atoms with van der Waals surface area (Å²) < 4.78 is 7.43. The van der Waals surface area contributed by atoms with Crippen molar-refractivity contribution in [2.24, 2.45) is 0 Å². The van der Waals surface area contributed by atoms with E-state index in [1.54, 1.807) is 23.1 Å². The lowest BCUT2D eigenvalue weighted by molar-refractivity contribution is -0.0158. The first kappa shape index (κ1) is 15.0. The highest BCUT2D eigenvalue weighted by molar-refractivity contribution is 7.99. The highest BCUT2D eigenvalue weighted by Gasteiger charge is 2.16. The van der Waals surface area contributed by atoms with Crippen LogP contribution >= 0.6 is 23.1 Å². The number of thiophene rings is 1. The molecular formula is C13H19N5OS2. The summed E-state index contributed by atoms with van der Waals surface area (Å²) in [5.74, 6) is 0.998. The number of nitrogens with zero attached hydrogens (tertiary/aromatic N) is 5. The van der Waals surface area contributed by atoms with Gasteiger partial charge in [0, 0.05) is 30.3 Å². The largest absolute Gasteiger partial charge is 0.376 e. The molecule has 1 fully saturated rings. The maximum absolute atomic E-state index is 5.55. The van der Waals surface area contributed by atoms with E-state index in [0.29, 0.717) is 6.10 Å². The average Bonchev–Trinajstić information content (AvgIpc) is 3.12. The molecule has 1 saturated heterocycles. The Bertz CT molecular complexity index is 545. The predicted molar refractivity (Wildman–Crippen MR) is 83.8 cm³/mol. The zero-order valence-corrected chi connectivity index (χ0v) is 13.6. The molecule has 21 heavy (non-hydrogen) atoms. The molecule has 2 aromatic rings. The van der Waals surface area contributed by atoms with E-state index < -0.39 is 0 Å². The molecule has 0 N–H and O–H groups in total. The van der Waals surface area contributed by atoms with Crippen LogP contribution in [0.25, 0.3) is 0 Å². The summed E-state index contributed by atoms with van der Waals surface area (Å²) in [6.45, 7) is 6.79. The highest BCUT2D eigenvalue weighted by Crippen LogP contribution is 2.17. The van der Waals surface area contributed by atoms with Gasteiger partial charge in [0.25, 0.3) is 0 Å². The molecule has 0 spiro atoms. The van der Waals surface area contributed by atoms with Crippen LogP contribution in [0.4, 0.5) is 0 Å². The zero-order valence-electron chi connectivity index (χ0n) is 12.0. The van der Waals surface area contributed by atoms with Crippen molar-refractivity contribution < 1.29 is 4.74 Å². The quantitative estimate of drug-likeness (QED) is 0.752. The van der Waals surface area contributed by atoms with Crippen LogP contribution in [0.1, 0.15) is 11.8 Å². The van der Waals surface area contributed by atoms with Crippen LogP contribution in [0.15, 0.2) is 22.7 Å². The lowest BCUT2D eigenvalue weighted by Gasteiger charge is -2.30. The van der Waals surface area contributed by atoms with Gasteiger partial charge in [0.15, 0.2) is 0 Å². The minimum Gasteiger partial charge on any atom is -0.376 e. The van der Waals surface area contributed by atoms with Crippen LogP contribution in [0.5, 0.6) is 0 Å². The van der Waals surface area contributed by atoms with Crippen LogP contribution in [0.2, 0.25) is 0 Å². The van der Waals surface area contributed by atoms with E-state index in [4.69, 9.17) is 4.74 Å². The summed E-state index contributed by atoms with van der Waals surface area (Å²) in [5.41, 5.74) is 0. The van der Waals surface area contributed by atoms with Gasteiger partial charge in [-0.25, -0.2) is 4.68 Å². The van der Waals surface area contributed by atoms with Crippen LogP contribution in [0.3, 0.4) is 0 Å². The maximum Gasteiger partial charge on any atom is 0.209 e. The number of rotatable bonds is 6. The van der Waals surface area contributed by atoms with Crippen molar-refractivity contribution >= 4 is 23.1 Å². The fourth-order valence-corrected chi connectivity index (χ4v) is 3.87. The second-order valence-electron chi connectivity index (χ2n) is 5.03. The van der Waals surface area contributed by atoms with E-state index in [2.05, 4.69) is 44.9 Å². The Hall–Kier alpha value is -0.960. The lowest BCUT2D eigenvalue weighted by atomic mass is 10.3. The summed E-state index contributed by atoms with van der Waals surface area (Å²) in [5, 5.41) is 15.0. The second-order valence-corrected chi connectivity index (χ2v) is 7.12. The molecular weight excluding hydrogens is 306 g/mol. The van der Waals surface area contributed by atoms with Crippen LogP contribution in [0, 0.1) is 0 Å². The Morgan fingerprint density at radius 2 is 2.48 bits per heavy atom. The SMILES string of the molecule is CC1CN(CCSc2nnnn2Cc2cccs2)CCO1. The Morgan fingerprint density at radius 1 is 1.52 bits per heavy atom. The second kappa shape index (κ2) is 7.35. The molecule has 0 bridgehead atoms. The maximum atomic E-state index is 5.55. The molecule has 1 atom stereocenters. The molecule has 0 aromatic carbocycles. The first-order chi connectivity index (χ1) is 10.3. The molecule has 0 amide bonds. The first-order valence-corrected chi connectivity index (χ1v) is 8.93. The van der Waals surface area contributed by atoms with Gasteiger partial charge in [-0.15, -0.1) is 16.4 Å².